The number of aromatic nitrogens is 1. The van der Waals surface area contributed by atoms with Gasteiger partial charge in [0.05, 0.1) is 5.01 Å². The molecule has 7 heteroatoms. The molecule has 1 saturated heterocycles. The molecule has 1 fully saturated rings. The molecule has 0 unspecified atom stereocenters. The quantitative estimate of drug-likeness (QED) is 0.638. The van der Waals surface area contributed by atoms with Crippen molar-refractivity contribution in [3.05, 3.63) is 81.8 Å². The molecule has 1 aromatic heterocycles. The van der Waals surface area contributed by atoms with Crippen molar-refractivity contribution in [3.8, 4) is 0 Å². The highest BCUT2D eigenvalue weighted by atomic mass is 32.1. The molecular weight excluding hydrogens is 392 g/mol. The molecule has 4 rings (SSSR count). The molecule has 2 heterocycles. The zero-order chi connectivity index (χ0) is 20.2. The van der Waals surface area contributed by atoms with Crippen molar-refractivity contribution in [1.82, 2.24) is 9.88 Å². The summed E-state index contributed by atoms with van der Waals surface area (Å²) in [5.74, 6) is -0.610. The molecule has 4 nitrogen and oxygen atoms in total. The van der Waals surface area contributed by atoms with E-state index in [1.807, 2.05) is 4.90 Å². The second-order valence-electron chi connectivity index (χ2n) is 7.00. The molecule has 0 atom stereocenters. The van der Waals surface area contributed by atoms with E-state index in [4.69, 9.17) is 0 Å². The predicted octanol–water partition coefficient (Wildman–Crippen LogP) is 4.36. The number of carbonyl (C=O) groups excluding carboxylic acids is 1. The minimum atomic E-state index is -0.260. The summed E-state index contributed by atoms with van der Waals surface area (Å²) < 4.78 is 27.0. The fourth-order valence-corrected chi connectivity index (χ4v) is 4.28. The molecule has 0 bridgehead atoms. The normalized spacial score (nSPS) is 14.7. The molecule has 2 aromatic carbocycles. The third-order valence-corrected chi connectivity index (χ3v) is 5.89. The van der Waals surface area contributed by atoms with E-state index < -0.39 is 0 Å². The van der Waals surface area contributed by atoms with Gasteiger partial charge in [0.2, 0.25) is 0 Å². The molecule has 1 amide bonds. The summed E-state index contributed by atoms with van der Waals surface area (Å²) in [5, 5.41) is 2.47. The first kappa shape index (κ1) is 19.5. The Labute approximate surface area is 172 Å². The molecule has 150 valence electrons. The number of anilines is 1. The first-order valence-electron chi connectivity index (χ1n) is 9.58. The van der Waals surface area contributed by atoms with Crippen LogP contribution in [-0.2, 0) is 6.42 Å². The molecule has 0 saturated carbocycles. The van der Waals surface area contributed by atoms with Crippen LogP contribution in [0.4, 0.5) is 14.5 Å². The Hall–Kier alpha value is -2.80. The van der Waals surface area contributed by atoms with Crippen LogP contribution in [0, 0.1) is 11.6 Å². The van der Waals surface area contributed by atoms with Crippen molar-refractivity contribution >= 4 is 22.9 Å². The molecule has 0 aliphatic carbocycles. The number of hydrogen-bond acceptors (Lipinski definition) is 4. The van der Waals surface area contributed by atoms with Gasteiger partial charge in [0, 0.05) is 43.7 Å². The standard InChI is InChI=1S/C22H21F2N3OS/c23-17-6-8-18(9-7-17)26-10-3-11-27(13-12-26)22(28)20-15-29-21(25-20)14-16-4-1-2-5-19(16)24/h1-2,4-9,15H,3,10-14H2. The van der Waals surface area contributed by atoms with E-state index in [1.165, 1.54) is 29.5 Å². The maximum Gasteiger partial charge on any atom is 0.273 e. The van der Waals surface area contributed by atoms with Crippen LogP contribution in [0.1, 0.15) is 27.5 Å². The highest BCUT2D eigenvalue weighted by Crippen LogP contribution is 2.20. The second kappa shape index (κ2) is 8.69. The van der Waals surface area contributed by atoms with Crippen molar-refractivity contribution < 1.29 is 13.6 Å². The zero-order valence-electron chi connectivity index (χ0n) is 15.9. The largest absolute Gasteiger partial charge is 0.370 e. The molecule has 1 aliphatic heterocycles. The minimum absolute atomic E-state index is 0.0954. The van der Waals surface area contributed by atoms with Gasteiger partial charge in [-0.3, -0.25) is 4.79 Å². The predicted molar refractivity (Wildman–Crippen MR) is 110 cm³/mol. The Bertz CT molecular complexity index is 990. The summed E-state index contributed by atoms with van der Waals surface area (Å²) in [6.45, 7) is 2.72. The Morgan fingerprint density at radius 1 is 1.00 bits per heavy atom. The lowest BCUT2D eigenvalue weighted by Crippen LogP contribution is -2.35. The summed E-state index contributed by atoms with van der Waals surface area (Å²) in [5.41, 5.74) is 1.95. The van der Waals surface area contributed by atoms with Crippen LogP contribution in [0.25, 0.3) is 0 Å². The third kappa shape index (κ3) is 4.62. The van der Waals surface area contributed by atoms with Gasteiger partial charge in [-0.1, -0.05) is 18.2 Å². The van der Waals surface area contributed by atoms with Crippen molar-refractivity contribution in [2.24, 2.45) is 0 Å². The van der Waals surface area contributed by atoms with Crippen LogP contribution in [0.5, 0.6) is 0 Å². The number of benzene rings is 2. The van der Waals surface area contributed by atoms with Crippen LogP contribution in [-0.4, -0.2) is 42.0 Å². The average Bonchev–Trinajstić information content (AvgIpc) is 3.05. The van der Waals surface area contributed by atoms with Crippen LogP contribution in [0.2, 0.25) is 0 Å². The number of hydrogen-bond donors (Lipinski definition) is 0. The van der Waals surface area contributed by atoms with Gasteiger partial charge in [0.25, 0.3) is 5.91 Å². The lowest BCUT2D eigenvalue weighted by atomic mass is 10.1. The third-order valence-electron chi connectivity index (χ3n) is 5.05. The molecule has 29 heavy (non-hydrogen) atoms. The monoisotopic (exact) mass is 413 g/mol. The van der Waals surface area contributed by atoms with Crippen molar-refractivity contribution in [2.75, 3.05) is 31.1 Å². The number of thiazole rings is 1. The summed E-state index contributed by atoms with van der Waals surface area (Å²) >= 11 is 1.38. The Morgan fingerprint density at radius 3 is 2.59 bits per heavy atom. The maximum atomic E-state index is 13.9. The molecule has 0 radical (unpaired) electrons. The number of rotatable bonds is 4. The first-order chi connectivity index (χ1) is 14.1. The first-order valence-corrected chi connectivity index (χ1v) is 10.5. The number of carbonyl (C=O) groups is 1. The average molecular weight is 413 g/mol. The summed E-state index contributed by atoms with van der Waals surface area (Å²) in [6, 6.07) is 13.1. The lowest BCUT2D eigenvalue weighted by molar-refractivity contribution is 0.0762. The highest BCUT2D eigenvalue weighted by Gasteiger charge is 2.22. The molecule has 1 aliphatic rings. The fourth-order valence-electron chi connectivity index (χ4n) is 3.49. The van der Waals surface area contributed by atoms with E-state index in [9.17, 15) is 13.6 Å². The summed E-state index contributed by atoms with van der Waals surface area (Å²) in [6.07, 6.45) is 1.21. The molecule has 0 spiro atoms. The number of amides is 1. The van der Waals surface area contributed by atoms with Crippen LogP contribution >= 0.6 is 11.3 Å². The van der Waals surface area contributed by atoms with Gasteiger partial charge in [0.15, 0.2) is 0 Å². The van der Waals surface area contributed by atoms with Crippen LogP contribution in [0.3, 0.4) is 0 Å². The van der Waals surface area contributed by atoms with Crippen LogP contribution < -0.4 is 4.90 Å². The van der Waals surface area contributed by atoms with Gasteiger partial charge in [-0.2, -0.15) is 0 Å². The van der Waals surface area contributed by atoms with E-state index in [0.717, 1.165) is 23.7 Å². The summed E-state index contributed by atoms with van der Waals surface area (Å²) in [7, 11) is 0. The van der Waals surface area contributed by atoms with Gasteiger partial charge in [-0.15, -0.1) is 11.3 Å². The maximum absolute atomic E-state index is 13.9. The highest BCUT2D eigenvalue weighted by molar-refractivity contribution is 7.09. The van der Waals surface area contributed by atoms with Crippen molar-refractivity contribution in [1.29, 1.82) is 0 Å². The van der Waals surface area contributed by atoms with Gasteiger partial charge < -0.3 is 9.80 Å². The van der Waals surface area contributed by atoms with E-state index in [2.05, 4.69) is 9.88 Å². The summed E-state index contributed by atoms with van der Waals surface area (Å²) in [4.78, 5) is 21.3. The minimum Gasteiger partial charge on any atom is -0.370 e. The topological polar surface area (TPSA) is 36.4 Å². The van der Waals surface area contributed by atoms with Gasteiger partial charge >= 0.3 is 0 Å². The van der Waals surface area contributed by atoms with Gasteiger partial charge in [-0.05, 0) is 42.3 Å². The van der Waals surface area contributed by atoms with Crippen molar-refractivity contribution in [3.63, 3.8) is 0 Å². The Balaban J connectivity index is 1.40. The van der Waals surface area contributed by atoms with Gasteiger partial charge in [-0.25, -0.2) is 13.8 Å². The van der Waals surface area contributed by atoms with E-state index in [-0.39, 0.29) is 17.5 Å². The Kier molecular flexibility index (Phi) is 5.85. The molecule has 0 N–H and O–H groups in total. The zero-order valence-corrected chi connectivity index (χ0v) is 16.7. The fraction of sp³-hybridized carbons (Fsp3) is 0.273. The smallest absolute Gasteiger partial charge is 0.273 e. The second-order valence-corrected chi connectivity index (χ2v) is 7.95. The van der Waals surface area contributed by atoms with E-state index in [0.29, 0.717) is 37.3 Å². The lowest BCUT2D eigenvalue weighted by Gasteiger charge is -2.23. The molecular formula is C22H21F2N3OS. The Morgan fingerprint density at radius 2 is 1.79 bits per heavy atom. The SMILES string of the molecule is O=C(c1csc(Cc2ccccc2F)n1)N1CCCN(c2ccc(F)cc2)CC1. The van der Waals surface area contributed by atoms with E-state index in [1.54, 1.807) is 35.7 Å². The number of halogens is 2. The van der Waals surface area contributed by atoms with Gasteiger partial charge in [0.1, 0.15) is 17.3 Å². The molecule has 3 aromatic rings. The van der Waals surface area contributed by atoms with E-state index >= 15 is 0 Å². The number of nitrogens with zero attached hydrogens (tertiary/aromatic N) is 3. The van der Waals surface area contributed by atoms with Crippen molar-refractivity contribution in [2.45, 2.75) is 12.8 Å². The van der Waals surface area contributed by atoms with Crippen LogP contribution in [0.15, 0.2) is 53.9 Å².